The molecule has 1 aromatic rings. The fourth-order valence-electron chi connectivity index (χ4n) is 3.10. The molecule has 6 heteroatoms. The third-order valence-corrected chi connectivity index (χ3v) is 4.73. The number of hydrogen-bond acceptors (Lipinski definition) is 3. The zero-order valence-electron chi connectivity index (χ0n) is 12.8. The van der Waals surface area contributed by atoms with Crippen LogP contribution in [0.1, 0.15) is 30.9 Å². The SMILES string of the molecule is CC(F)(F)[C@H]1C[C@@H]1C(=O)NC[C@@]1(c2cccc(C#N)c2)CCO1. The van der Waals surface area contributed by atoms with Gasteiger partial charge in [-0.05, 0) is 31.0 Å². The summed E-state index contributed by atoms with van der Waals surface area (Å²) in [6.45, 7) is 1.67. The van der Waals surface area contributed by atoms with E-state index in [1.807, 2.05) is 6.07 Å². The summed E-state index contributed by atoms with van der Waals surface area (Å²) in [5.74, 6) is -4.63. The predicted molar refractivity (Wildman–Crippen MR) is 78.6 cm³/mol. The van der Waals surface area contributed by atoms with E-state index >= 15 is 0 Å². The van der Waals surface area contributed by atoms with E-state index in [4.69, 9.17) is 10.00 Å². The van der Waals surface area contributed by atoms with Crippen molar-refractivity contribution < 1.29 is 18.3 Å². The minimum Gasteiger partial charge on any atom is -0.368 e. The monoisotopic (exact) mass is 320 g/mol. The Bertz CT molecular complexity index is 659. The van der Waals surface area contributed by atoms with Crippen molar-refractivity contribution in [1.82, 2.24) is 5.32 Å². The second-order valence-electron chi connectivity index (χ2n) is 6.41. The highest BCUT2D eigenvalue weighted by Gasteiger charge is 2.55. The third-order valence-electron chi connectivity index (χ3n) is 4.73. The number of alkyl halides is 2. The van der Waals surface area contributed by atoms with Crippen molar-refractivity contribution in [2.24, 2.45) is 11.8 Å². The maximum atomic E-state index is 13.2. The molecule has 2 fully saturated rings. The lowest BCUT2D eigenvalue weighted by Gasteiger charge is -2.42. The van der Waals surface area contributed by atoms with Crippen LogP contribution in [0.5, 0.6) is 0 Å². The van der Waals surface area contributed by atoms with Gasteiger partial charge in [0.05, 0.1) is 24.8 Å². The van der Waals surface area contributed by atoms with E-state index in [0.717, 1.165) is 18.9 Å². The molecule has 3 rings (SSSR count). The smallest absolute Gasteiger partial charge is 0.248 e. The van der Waals surface area contributed by atoms with Gasteiger partial charge in [-0.2, -0.15) is 5.26 Å². The van der Waals surface area contributed by atoms with Crippen molar-refractivity contribution in [1.29, 1.82) is 5.26 Å². The van der Waals surface area contributed by atoms with E-state index in [0.29, 0.717) is 12.2 Å². The average molecular weight is 320 g/mol. The molecule has 1 N–H and O–H groups in total. The van der Waals surface area contributed by atoms with E-state index in [1.54, 1.807) is 18.2 Å². The summed E-state index contributed by atoms with van der Waals surface area (Å²) < 4.78 is 32.0. The first-order valence-electron chi connectivity index (χ1n) is 7.66. The Morgan fingerprint density at radius 1 is 1.57 bits per heavy atom. The molecule has 1 aromatic carbocycles. The number of hydrogen-bond donors (Lipinski definition) is 1. The number of nitrogens with zero attached hydrogens (tertiary/aromatic N) is 1. The summed E-state index contributed by atoms with van der Waals surface area (Å²) in [6.07, 6.45) is 0.952. The number of nitrogens with one attached hydrogen (secondary N) is 1. The van der Waals surface area contributed by atoms with Gasteiger partial charge in [-0.25, -0.2) is 8.78 Å². The fourth-order valence-corrected chi connectivity index (χ4v) is 3.10. The Balaban J connectivity index is 1.64. The maximum Gasteiger partial charge on any atom is 0.248 e. The lowest BCUT2D eigenvalue weighted by Crippen LogP contribution is -2.50. The fraction of sp³-hybridized carbons (Fsp3) is 0.529. The van der Waals surface area contributed by atoms with Gasteiger partial charge >= 0.3 is 0 Å². The molecular formula is C17H18F2N2O2. The van der Waals surface area contributed by atoms with E-state index in [-0.39, 0.29) is 18.9 Å². The molecule has 1 saturated carbocycles. The van der Waals surface area contributed by atoms with Gasteiger partial charge in [-0.3, -0.25) is 4.79 Å². The summed E-state index contributed by atoms with van der Waals surface area (Å²) in [6, 6.07) is 9.14. The summed E-state index contributed by atoms with van der Waals surface area (Å²) in [5, 5.41) is 11.7. The maximum absolute atomic E-state index is 13.2. The second kappa shape index (κ2) is 5.57. The van der Waals surface area contributed by atoms with Crippen molar-refractivity contribution in [3.8, 4) is 6.07 Å². The van der Waals surface area contributed by atoms with Crippen LogP contribution < -0.4 is 5.32 Å². The minimum atomic E-state index is -2.81. The van der Waals surface area contributed by atoms with Gasteiger partial charge in [0, 0.05) is 18.3 Å². The molecule has 1 aliphatic carbocycles. The molecule has 122 valence electrons. The minimum absolute atomic E-state index is 0.229. The molecule has 0 radical (unpaired) electrons. The molecule has 2 aliphatic rings. The highest BCUT2D eigenvalue weighted by atomic mass is 19.3. The lowest BCUT2D eigenvalue weighted by atomic mass is 9.85. The van der Waals surface area contributed by atoms with Gasteiger partial charge in [0.15, 0.2) is 0 Å². The van der Waals surface area contributed by atoms with Gasteiger partial charge in [0.25, 0.3) is 0 Å². The summed E-state index contributed by atoms with van der Waals surface area (Å²) >= 11 is 0. The Hall–Kier alpha value is -2.00. The number of amides is 1. The number of nitriles is 1. The van der Waals surface area contributed by atoms with E-state index in [2.05, 4.69) is 11.4 Å². The van der Waals surface area contributed by atoms with Crippen molar-refractivity contribution in [2.75, 3.05) is 13.2 Å². The molecule has 0 unspecified atom stereocenters. The molecule has 1 heterocycles. The van der Waals surface area contributed by atoms with Crippen molar-refractivity contribution in [3.63, 3.8) is 0 Å². The third kappa shape index (κ3) is 3.06. The van der Waals surface area contributed by atoms with Gasteiger partial charge in [-0.15, -0.1) is 0 Å². The molecule has 23 heavy (non-hydrogen) atoms. The highest BCUT2D eigenvalue weighted by molar-refractivity contribution is 5.81. The highest BCUT2D eigenvalue weighted by Crippen LogP contribution is 2.49. The standard InChI is InChI=1S/C17H18F2N2O2/c1-16(18,19)14-8-13(14)15(22)21-10-17(5-6-23-17)12-4-2-3-11(7-12)9-20/h2-4,7,13-14H,5-6,8,10H2,1H3,(H,21,22)/t13-,14-,17+/m0/s1. The molecule has 0 spiro atoms. The molecule has 3 atom stereocenters. The van der Waals surface area contributed by atoms with Crippen LogP contribution in [0.4, 0.5) is 8.78 Å². The number of halogens is 2. The first-order valence-corrected chi connectivity index (χ1v) is 7.66. The quantitative estimate of drug-likeness (QED) is 0.907. The Morgan fingerprint density at radius 2 is 2.30 bits per heavy atom. The van der Waals surface area contributed by atoms with Crippen LogP contribution in [0.15, 0.2) is 24.3 Å². The summed E-state index contributed by atoms with van der Waals surface area (Å²) in [7, 11) is 0. The van der Waals surface area contributed by atoms with Crippen LogP contribution in [-0.4, -0.2) is 25.0 Å². The summed E-state index contributed by atoms with van der Waals surface area (Å²) in [5.41, 5.74) is 0.703. The van der Waals surface area contributed by atoms with Crippen LogP contribution in [0, 0.1) is 23.2 Å². The van der Waals surface area contributed by atoms with Crippen LogP contribution in [0.2, 0.25) is 0 Å². The Morgan fingerprint density at radius 3 is 2.83 bits per heavy atom. The lowest BCUT2D eigenvalue weighted by molar-refractivity contribution is -0.155. The first kappa shape index (κ1) is 15.9. The van der Waals surface area contributed by atoms with Gasteiger partial charge < -0.3 is 10.1 Å². The second-order valence-corrected chi connectivity index (χ2v) is 6.41. The molecule has 1 saturated heterocycles. The normalized spacial score (nSPS) is 29.3. The Kier molecular flexibility index (Phi) is 3.85. The topological polar surface area (TPSA) is 62.1 Å². The number of carbonyl (C=O) groups is 1. The van der Waals surface area contributed by atoms with Gasteiger partial charge in [0.2, 0.25) is 11.8 Å². The van der Waals surface area contributed by atoms with Crippen LogP contribution in [0.25, 0.3) is 0 Å². The zero-order valence-corrected chi connectivity index (χ0v) is 12.8. The Labute approximate surface area is 133 Å². The van der Waals surface area contributed by atoms with Gasteiger partial charge in [-0.1, -0.05) is 12.1 Å². The average Bonchev–Trinajstić information content (AvgIpc) is 3.26. The van der Waals surface area contributed by atoms with Crippen molar-refractivity contribution in [2.45, 2.75) is 31.3 Å². The molecule has 0 bridgehead atoms. The van der Waals surface area contributed by atoms with Crippen molar-refractivity contribution in [3.05, 3.63) is 35.4 Å². The van der Waals surface area contributed by atoms with Gasteiger partial charge in [0.1, 0.15) is 5.60 Å². The molecular weight excluding hydrogens is 302 g/mol. The molecule has 1 amide bonds. The molecule has 4 nitrogen and oxygen atoms in total. The van der Waals surface area contributed by atoms with E-state index in [9.17, 15) is 13.6 Å². The van der Waals surface area contributed by atoms with E-state index < -0.39 is 23.4 Å². The number of benzene rings is 1. The van der Waals surface area contributed by atoms with Crippen LogP contribution >= 0.6 is 0 Å². The van der Waals surface area contributed by atoms with Crippen LogP contribution in [0.3, 0.4) is 0 Å². The number of rotatable bonds is 5. The predicted octanol–water partition coefficient (Wildman–Crippen LogP) is 2.58. The molecule has 1 aliphatic heterocycles. The number of carbonyl (C=O) groups excluding carboxylic acids is 1. The zero-order chi connectivity index (χ0) is 16.7. The van der Waals surface area contributed by atoms with E-state index in [1.165, 1.54) is 0 Å². The molecule has 0 aromatic heterocycles. The number of ether oxygens (including phenoxy) is 1. The summed E-state index contributed by atoms with van der Waals surface area (Å²) in [4.78, 5) is 12.1. The first-order chi connectivity index (χ1) is 10.9. The van der Waals surface area contributed by atoms with Crippen LogP contribution in [-0.2, 0) is 15.1 Å². The largest absolute Gasteiger partial charge is 0.368 e. The van der Waals surface area contributed by atoms with Crippen molar-refractivity contribution >= 4 is 5.91 Å².